The van der Waals surface area contributed by atoms with Crippen LogP contribution in [0.25, 0.3) is 0 Å². The number of rotatable bonds is 5. The van der Waals surface area contributed by atoms with E-state index >= 15 is 0 Å². The molecule has 1 aliphatic carbocycles. The maximum atomic E-state index is 12.0. The average Bonchev–Trinajstić information content (AvgIpc) is 2.84. The van der Waals surface area contributed by atoms with E-state index in [1.165, 1.54) is 17.5 Å². The largest absolute Gasteiger partial charge is 0.310 e. The number of alkyl halides is 2. The van der Waals surface area contributed by atoms with E-state index in [4.69, 9.17) is 0 Å². The number of hydrogen-bond donors (Lipinski definition) is 1. The molecule has 1 aromatic heterocycles. The van der Waals surface area contributed by atoms with Crippen LogP contribution in [0.2, 0.25) is 0 Å². The van der Waals surface area contributed by atoms with Gasteiger partial charge in [-0.25, -0.2) is 8.78 Å². The molecule has 1 aromatic rings. The lowest BCUT2D eigenvalue weighted by Crippen LogP contribution is -2.14. The molecule has 1 fully saturated rings. The first-order valence-corrected chi connectivity index (χ1v) is 4.77. The predicted molar refractivity (Wildman–Crippen MR) is 48.1 cm³/mol. The van der Waals surface area contributed by atoms with Gasteiger partial charge in [-0.3, -0.25) is 4.68 Å². The van der Waals surface area contributed by atoms with E-state index in [9.17, 15) is 8.78 Å². The lowest BCUT2D eigenvalue weighted by molar-refractivity contribution is 0.122. The molecule has 1 N–H and O–H groups in total. The quantitative estimate of drug-likeness (QED) is 0.780. The highest BCUT2D eigenvalue weighted by molar-refractivity contribution is 5.04. The SMILES string of the molecule is FC(F)Cn1cc(CNC2CC2)cn1. The molecular formula is C9H13F2N3. The molecule has 0 spiro atoms. The van der Waals surface area contributed by atoms with Crippen molar-refractivity contribution >= 4 is 0 Å². The van der Waals surface area contributed by atoms with Gasteiger partial charge in [0.05, 0.1) is 6.20 Å². The standard InChI is InChI=1S/C9H13F2N3/c10-9(11)6-14-5-7(4-13-14)3-12-8-1-2-8/h4-5,8-9,12H,1-3,6H2. The molecule has 0 amide bonds. The molecule has 1 heterocycles. The van der Waals surface area contributed by atoms with Crippen LogP contribution in [0, 0.1) is 0 Å². The van der Waals surface area contributed by atoms with Gasteiger partial charge in [-0.05, 0) is 12.8 Å². The zero-order valence-electron chi connectivity index (χ0n) is 7.79. The van der Waals surface area contributed by atoms with Crippen molar-refractivity contribution in [2.24, 2.45) is 0 Å². The molecule has 0 bridgehead atoms. The molecule has 5 heteroatoms. The summed E-state index contributed by atoms with van der Waals surface area (Å²) < 4.78 is 25.2. The summed E-state index contributed by atoms with van der Waals surface area (Å²) in [6, 6.07) is 0.633. The zero-order chi connectivity index (χ0) is 9.97. The van der Waals surface area contributed by atoms with Crippen molar-refractivity contribution in [3.05, 3.63) is 18.0 Å². The van der Waals surface area contributed by atoms with Crippen molar-refractivity contribution in [3.63, 3.8) is 0 Å². The lowest BCUT2D eigenvalue weighted by atomic mass is 10.3. The third-order valence-electron chi connectivity index (χ3n) is 2.18. The molecule has 3 nitrogen and oxygen atoms in total. The summed E-state index contributed by atoms with van der Waals surface area (Å²) in [6.45, 7) is 0.414. The summed E-state index contributed by atoms with van der Waals surface area (Å²) in [5.74, 6) is 0. The predicted octanol–water partition coefficient (Wildman–Crippen LogP) is 1.40. The monoisotopic (exact) mass is 201 g/mol. The number of aromatic nitrogens is 2. The Hall–Kier alpha value is -0.970. The minimum absolute atomic E-state index is 0.316. The van der Waals surface area contributed by atoms with Gasteiger partial charge in [0.25, 0.3) is 6.43 Å². The summed E-state index contributed by atoms with van der Waals surface area (Å²) in [5.41, 5.74) is 0.970. The van der Waals surface area contributed by atoms with Crippen molar-refractivity contribution in [3.8, 4) is 0 Å². The second kappa shape index (κ2) is 4.04. The summed E-state index contributed by atoms with van der Waals surface area (Å²) in [5, 5.41) is 7.15. The van der Waals surface area contributed by atoms with Crippen LogP contribution in [0.5, 0.6) is 0 Å². The van der Waals surface area contributed by atoms with Gasteiger partial charge in [0.2, 0.25) is 0 Å². The van der Waals surface area contributed by atoms with Gasteiger partial charge in [-0.15, -0.1) is 0 Å². The van der Waals surface area contributed by atoms with Gasteiger partial charge >= 0.3 is 0 Å². The first kappa shape index (κ1) is 9.58. The fraction of sp³-hybridized carbons (Fsp3) is 0.667. The normalized spacial score (nSPS) is 16.5. The third-order valence-corrected chi connectivity index (χ3v) is 2.18. The van der Waals surface area contributed by atoms with Gasteiger partial charge in [0.15, 0.2) is 0 Å². The van der Waals surface area contributed by atoms with Crippen LogP contribution in [0.4, 0.5) is 8.78 Å². The van der Waals surface area contributed by atoms with E-state index in [0.29, 0.717) is 6.04 Å². The van der Waals surface area contributed by atoms with Crippen LogP contribution in [0.15, 0.2) is 12.4 Å². The first-order valence-electron chi connectivity index (χ1n) is 4.77. The Morgan fingerprint density at radius 3 is 3.00 bits per heavy atom. The molecule has 14 heavy (non-hydrogen) atoms. The smallest absolute Gasteiger partial charge is 0.257 e. The van der Waals surface area contributed by atoms with Gasteiger partial charge in [0.1, 0.15) is 6.54 Å². The molecule has 1 aliphatic rings. The molecule has 0 aliphatic heterocycles. The number of hydrogen-bond acceptors (Lipinski definition) is 2. The summed E-state index contributed by atoms with van der Waals surface area (Å²) in [7, 11) is 0. The highest BCUT2D eigenvalue weighted by Gasteiger charge is 2.20. The maximum absolute atomic E-state index is 12.0. The number of halogens is 2. The van der Waals surface area contributed by atoms with E-state index in [1.54, 1.807) is 12.4 Å². The lowest BCUT2D eigenvalue weighted by Gasteiger charge is -1.99. The molecule has 0 unspecified atom stereocenters. The van der Waals surface area contributed by atoms with Gasteiger partial charge < -0.3 is 5.32 Å². The zero-order valence-corrected chi connectivity index (χ0v) is 7.79. The highest BCUT2D eigenvalue weighted by Crippen LogP contribution is 2.19. The molecule has 0 aromatic carbocycles. The molecule has 78 valence electrons. The van der Waals surface area contributed by atoms with Crippen LogP contribution in [0.3, 0.4) is 0 Å². The Morgan fingerprint density at radius 1 is 1.57 bits per heavy atom. The summed E-state index contributed by atoms with van der Waals surface area (Å²) in [6.07, 6.45) is 3.43. The van der Waals surface area contributed by atoms with E-state index in [0.717, 1.165) is 12.1 Å². The highest BCUT2D eigenvalue weighted by atomic mass is 19.3. The molecule has 0 atom stereocenters. The van der Waals surface area contributed by atoms with E-state index in [1.807, 2.05) is 0 Å². The summed E-state index contributed by atoms with van der Waals surface area (Å²) in [4.78, 5) is 0. The summed E-state index contributed by atoms with van der Waals surface area (Å²) >= 11 is 0. The number of nitrogens with zero attached hydrogens (tertiary/aromatic N) is 2. The maximum Gasteiger partial charge on any atom is 0.257 e. The van der Waals surface area contributed by atoms with Gasteiger partial charge in [-0.2, -0.15) is 5.10 Å². The van der Waals surface area contributed by atoms with Crippen molar-refractivity contribution in [2.45, 2.75) is 38.4 Å². The molecule has 0 radical (unpaired) electrons. The van der Waals surface area contributed by atoms with Gasteiger partial charge in [-0.1, -0.05) is 0 Å². The second-order valence-corrected chi connectivity index (χ2v) is 3.62. The Bertz CT molecular complexity index is 294. The Labute approximate surface area is 81.1 Å². The van der Waals surface area contributed by atoms with Crippen molar-refractivity contribution in [1.82, 2.24) is 15.1 Å². The molecule has 1 saturated carbocycles. The topological polar surface area (TPSA) is 29.9 Å². The van der Waals surface area contributed by atoms with E-state index < -0.39 is 6.43 Å². The Kier molecular flexibility index (Phi) is 2.77. The molecule has 0 saturated heterocycles. The third kappa shape index (κ3) is 2.77. The van der Waals surface area contributed by atoms with Gasteiger partial charge in [0, 0.05) is 24.3 Å². The Balaban J connectivity index is 1.81. The fourth-order valence-electron chi connectivity index (χ4n) is 1.29. The number of nitrogens with one attached hydrogen (secondary N) is 1. The fourth-order valence-corrected chi connectivity index (χ4v) is 1.29. The molecular weight excluding hydrogens is 188 g/mol. The van der Waals surface area contributed by atoms with Crippen molar-refractivity contribution in [1.29, 1.82) is 0 Å². The van der Waals surface area contributed by atoms with Crippen LogP contribution < -0.4 is 5.32 Å². The Morgan fingerprint density at radius 2 is 2.36 bits per heavy atom. The average molecular weight is 201 g/mol. The minimum atomic E-state index is -2.33. The van der Waals surface area contributed by atoms with E-state index in [2.05, 4.69) is 10.4 Å². The van der Waals surface area contributed by atoms with Crippen molar-refractivity contribution in [2.75, 3.05) is 0 Å². The second-order valence-electron chi connectivity index (χ2n) is 3.62. The van der Waals surface area contributed by atoms with E-state index in [-0.39, 0.29) is 6.54 Å². The van der Waals surface area contributed by atoms with Crippen LogP contribution in [0.1, 0.15) is 18.4 Å². The minimum Gasteiger partial charge on any atom is -0.310 e. The van der Waals surface area contributed by atoms with Crippen molar-refractivity contribution < 1.29 is 8.78 Å². The van der Waals surface area contributed by atoms with Crippen LogP contribution >= 0.6 is 0 Å². The molecule has 2 rings (SSSR count). The van der Waals surface area contributed by atoms with Crippen LogP contribution in [-0.4, -0.2) is 22.2 Å². The first-order chi connectivity index (χ1) is 6.74. The van der Waals surface area contributed by atoms with Crippen LogP contribution in [-0.2, 0) is 13.1 Å².